The first-order valence-corrected chi connectivity index (χ1v) is 8.57. The summed E-state index contributed by atoms with van der Waals surface area (Å²) in [5, 5.41) is 10.9. The minimum absolute atomic E-state index is 0.00609. The lowest BCUT2D eigenvalue weighted by Gasteiger charge is -2.13. The van der Waals surface area contributed by atoms with Crippen LogP contribution in [0.5, 0.6) is 11.5 Å². The molecule has 1 saturated carbocycles. The van der Waals surface area contributed by atoms with Gasteiger partial charge in [-0.25, -0.2) is 8.42 Å². The van der Waals surface area contributed by atoms with E-state index in [0.717, 1.165) is 31.4 Å². The van der Waals surface area contributed by atoms with Crippen molar-refractivity contribution in [2.45, 2.75) is 24.2 Å². The number of benzene rings is 1. The highest BCUT2D eigenvalue weighted by Gasteiger charge is 2.27. The zero-order valence-electron chi connectivity index (χ0n) is 11.2. The second-order valence-corrected chi connectivity index (χ2v) is 7.29. The Balaban J connectivity index is 2.38. The second-order valence-electron chi connectivity index (χ2n) is 4.75. The van der Waals surface area contributed by atoms with Gasteiger partial charge in [-0.05, 0) is 12.3 Å². The van der Waals surface area contributed by atoms with Gasteiger partial charge in [-0.15, -0.1) is 0 Å². The predicted molar refractivity (Wildman–Crippen MR) is 75.5 cm³/mol. The quantitative estimate of drug-likeness (QED) is 0.432. The summed E-state index contributed by atoms with van der Waals surface area (Å²) >= 11 is 0. The fourth-order valence-electron chi connectivity index (χ4n) is 1.90. The maximum Gasteiger partial charge on any atom is 0.274 e. The molecule has 0 N–H and O–H groups in total. The molecule has 0 amide bonds. The first kappa shape index (κ1) is 15.8. The summed E-state index contributed by atoms with van der Waals surface area (Å²) in [5.41, 5.74) is -0.420. The zero-order chi connectivity index (χ0) is 15.6. The van der Waals surface area contributed by atoms with Crippen LogP contribution in [-0.2, 0) is 9.05 Å². The van der Waals surface area contributed by atoms with Gasteiger partial charge >= 0.3 is 0 Å². The molecule has 0 unspecified atom stereocenters. The molecule has 21 heavy (non-hydrogen) atoms. The van der Waals surface area contributed by atoms with E-state index in [0.29, 0.717) is 12.5 Å². The first-order valence-electron chi connectivity index (χ1n) is 6.27. The number of methoxy groups -OCH3 is 1. The fraction of sp³-hybridized carbons (Fsp3) is 0.500. The van der Waals surface area contributed by atoms with Gasteiger partial charge in [-0.3, -0.25) is 10.1 Å². The van der Waals surface area contributed by atoms with E-state index in [1.807, 2.05) is 0 Å². The molecule has 9 heteroatoms. The van der Waals surface area contributed by atoms with Gasteiger partial charge in [0.15, 0.2) is 11.5 Å². The summed E-state index contributed by atoms with van der Waals surface area (Å²) in [4.78, 5) is 9.72. The summed E-state index contributed by atoms with van der Waals surface area (Å²) < 4.78 is 33.5. The molecule has 0 bridgehead atoms. The van der Waals surface area contributed by atoms with Crippen LogP contribution in [0.4, 0.5) is 5.69 Å². The van der Waals surface area contributed by atoms with Crippen LogP contribution in [0.3, 0.4) is 0 Å². The van der Waals surface area contributed by atoms with E-state index in [9.17, 15) is 18.5 Å². The summed E-state index contributed by atoms with van der Waals surface area (Å²) in [5.74, 6) is 0.504. The number of hydrogen-bond acceptors (Lipinski definition) is 6. The van der Waals surface area contributed by atoms with Crippen molar-refractivity contribution in [3.63, 3.8) is 0 Å². The third kappa shape index (κ3) is 3.98. The highest BCUT2D eigenvalue weighted by molar-refractivity contribution is 8.13. The van der Waals surface area contributed by atoms with Crippen LogP contribution in [0.2, 0.25) is 0 Å². The minimum Gasteiger partial charge on any atom is -0.492 e. The molecule has 7 nitrogen and oxygen atoms in total. The van der Waals surface area contributed by atoms with Crippen LogP contribution >= 0.6 is 10.7 Å². The van der Waals surface area contributed by atoms with E-state index < -0.39 is 24.6 Å². The molecule has 0 heterocycles. The molecule has 0 radical (unpaired) electrons. The Morgan fingerprint density at radius 1 is 1.43 bits per heavy atom. The molecule has 1 aliphatic rings. The van der Waals surface area contributed by atoms with Gasteiger partial charge in [0, 0.05) is 16.7 Å². The fourth-order valence-corrected chi connectivity index (χ4v) is 2.91. The lowest BCUT2D eigenvalue weighted by molar-refractivity contribution is -0.385. The van der Waals surface area contributed by atoms with E-state index in [1.165, 1.54) is 7.11 Å². The summed E-state index contributed by atoms with van der Waals surface area (Å²) in [7, 11) is 2.36. The maximum absolute atomic E-state index is 11.5. The Bertz CT molecular complexity index is 656. The van der Waals surface area contributed by atoms with E-state index >= 15 is 0 Å². The van der Waals surface area contributed by atoms with Crippen LogP contribution in [0, 0.1) is 16.0 Å². The Kier molecular flexibility index (Phi) is 4.58. The molecule has 1 aromatic rings. The van der Waals surface area contributed by atoms with E-state index in [4.69, 9.17) is 20.2 Å². The van der Waals surface area contributed by atoms with Crippen molar-refractivity contribution in [1.82, 2.24) is 0 Å². The van der Waals surface area contributed by atoms with Gasteiger partial charge < -0.3 is 9.47 Å². The van der Waals surface area contributed by atoms with Gasteiger partial charge in [0.05, 0.1) is 24.7 Å². The standard InChI is InChI=1S/C12H14ClNO6S/c1-19-12-10(20-5-4-8-2-3-8)6-9(14(15)16)7-11(12)21(13,17)18/h6-8H,2-5H2,1H3. The van der Waals surface area contributed by atoms with Crippen molar-refractivity contribution in [3.8, 4) is 11.5 Å². The molecule has 1 fully saturated rings. The molecular formula is C12H14ClNO6S. The highest BCUT2D eigenvalue weighted by atomic mass is 35.7. The summed E-state index contributed by atoms with van der Waals surface area (Å²) in [6.07, 6.45) is 3.11. The molecule has 0 saturated heterocycles. The summed E-state index contributed by atoms with van der Waals surface area (Å²) in [6, 6.07) is 1.99. The van der Waals surface area contributed by atoms with Gasteiger partial charge in [-0.2, -0.15) is 0 Å². The van der Waals surface area contributed by atoms with E-state index in [-0.39, 0.29) is 11.5 Å². The Labute approximate surface area is 126 Å². The number of hydrogen-bond donors (Lipinski definition) is 0. The van der Waals surface area contributed by atoms with Crippen molar-refractivity contribution in [2.24, 2.45) is 5.92 Å². The number of ether oxygens (including phenoxy) is 2. The molecule has 0 spiro atoms. The van der Waals surface area contributed by atoms with E-state index in [2.05, 4.69) is 0 Å². The molecule has 1 aromatic carbocycles. The van der Waals surface area contributed by atoms with Crippen LogP contribution in [0.15, 0.2) is 17.0 Å². The van der Waals surface area contributed by atoms with Crippen LogP contribution in [0.1, 0.15) is 19.3 Å². The number of halogens is 1. The molecule has 0 aliphatic heterocycles. The third-order valence-corrected chi connectivity index (χ3v) is 4.49. The minimum atomic E-state index is -4.19. The molecule has 116 valence electrons. The zero-order valence-corrected chi connectivity index (χ0v) is 12.8. The Hall–Kier alpha value is -1.54. The molecule has 0 atom stereocenters. The van der Waals surface area contributed by atoms with Gasteiger partial charge in [-0.1, -0.05) is 12.8 Å². The van der Waals surface area contributed by atoms with Crippen molar-refractivity contribution in [2.75, 3.05) is 13.7 Å². The number of rotatable bonds is 7. The molecular weight excluding hydrogens is 322 g/mol. The van der Waals surface area contributed by atoms with Gasteiger partial charge in [0.2, 0.25) is 0 Å². The largest absolute Gasteiger partial charge is 0.492 e. The maximum atomic E-state index is 11.5. The lowest BCUT2D eigenvalue weighted by atomic mass is 10.2. The summed E-state index contributed by atoms with van der Waals surface area (Å²) in [6.45, 7) is 0.337. The normalized spacial score (nSPS) is 14.8. The monoisotopic (exact) mass is 335 g/mol. The number of non-ortho nitro benzene ring substituents is 1. The topological polar surface area (TPSA) is 95.7 Å². The average molecular weight is 336 g/mol. The molecule has 1 aliphatic carbocycles. The number of nitrogens with zero attached hydrogens (tertiary/aromatic N) is 1. The van der Waals surface area contributed by atoms with Gasteiger partial charge in [0.25, 0.3) is 14.7 Å². The SMILES string of the molecule is COc1c(OCCC2CC2)cc([N+](=O)[O-])cc1S(=O)(=O)Cl. The second kappa shape index (κ2) is 6.07. The average Bonchev–Trinajstić information content (AvgIpc) is 3.20. The van der Waals surface area contributed by atoms with Gasteiger partial charge in [0.1, 0.15) is 4.90 Å². The van der Waals surface area contributed by atoms with Crippen molar-refractivity contribution in [1.29, 1.82) is 0 Å². The van der Waals surface area contributed by atoms with E-state index in [1.54, 1.807) is 0 Å². The van der Waals surface area contributed by atoms with Crippen LogP contribution in [-0.4, -0.2) is 27.1 Å². The van der Waals surface area contributed by atoms with Crippen molar-refractivity contribution < 1.29 is 22.8 Å². The van der Waals surface area contributed by atoms with Crippen molar-refractivity contribution in [3.05, 3.63) is 22.2 Å². The Morgan fingerprint density at radius 2 is 2.10 bits per heavy atom. The van der Waals surface area contributed by atoms with Crippen molar-refractivity contribution >= 4 is 25.4 Å². The lowest BCUT2D eigenvalue weighted by Crippen LogP contribution is -2.05. The predicted octanol–water partition coefficient (Wildman–Crippen LogP) is 2.71. The highest BCUT2D eigenvalue weighted by Crippen LogP contribution is 2.40. The first-order chi connectivity index (χ1) is 9.82. The number of nitro benzene ring substituents is 1. The van der Waals surface area contributed by atoms with Crippen LogP contribution in [0.25, 0.3) is 0 Å². The third-order valence-electron chi connectivity index (χ3n) is 3.16. The molecule has 0 aromatic heterocycles. The van der Waals surface area contributed by atoms with Crippen LogP contribution < -0.4 is 9.47 Å². The molecule has 2 rings (SSSR count). The Morgan fingerprint density at radius 3 is 2.57 bits per heavy atom. The smallest absolute Gasteiger partial charge is 0.274 e. The number of nitro groups is 1.